The van der Waals surface area contributed by atoms with Crippen LogP contribution in [0.3, 0.4) is 0 Å². The summed E-state index contributed by atoms with van der Waals surface area (Å²) in [6.45, 7) is 2.00. The Morgan fingerprint density at radius 3 is 2.30 bits per heavy atom. The molecule has 0 atom stereocenters. The van der Waals surface area contributed by atoms with Crippen LogP contribution in [-0.2, 0) is 0 Å². The minimum absolute atomic E-state index is 0.0222. The second-order valence-electron chi connectivity index (χ2n) is 4.26. The number of hydrogen-bond acceptors (Lipinski definition) is 3. The van der Waals surface area contributed by atoms with Gasteiger partial charge in [0.25, 0.3) is 5.69 Å². The number of nitro groups is 1. The topological polar surface area (TPSA) is 93.5 Å². The lowest BCUT2D eigenvalue weighted by Crippen LogP contribution is -2.21. The van der Waals surface area contributed by atoms with Gasteiger partial charge in [-0.2, -0.15) is 0 Å². The van der Waals surface area contributed by atoms with E-state index in [1.807, 2.05) is 31.2 Å². The summed E-state index contributed by atoms with van der Waals surface area (Å²) < 4.78 is 0. The maximum absolute atomic E-state index is 10.5. The van der Waals surface area contributed by atoms with Gasteiger partial charge in [0.15, 0.2) is 5.96 Å². The average molecular weight is 270 g/mol. The van der Waals surface area contributed by atoms with Crippen LogP contribution >= 0.6 is 0 Å². The van der Waals surface area contributed by atoms with Gasteiger partial charge in [-0.3, -0.25) is 10.1 Å². The van der Waals surface area contributed by atoms with Crippen molar-refractivity contribution in [1.82, 2.24) is 0 Å². The SMILES string of the molecule is Cc1ccc(NC(N)=Nc2ccc([N+](=O)[O-])cc2)cc1. The molecule has 2 aromatic carbocycles. The molecule has 102 valence electrons. The van der Waals surface area contributed by atoms with E-state index in [0.29, 0.717) is 5.69 Å². The van der Waals surface area contributed by atoms with Crippen molar-refractivity contribution in [2.75, 3.05) is 5.32 Å². The normalized spacial score (nSPS) is 11.2. The third-order valence-electron chi connectivity index (χ3n) is 2.63. The van der Waals surface area contributed by atoms with Crippen LogP contribution < -0.4 is 11.1 Å². The third-order valence-corrected chi connectivity index (χ3v) is 2.63. The van der Waals surface area contributed by atoms with Gasteiger partial charge < -0.3 is 11.1 Å². The fourth-order valence-electron chi connectivity index (χ4n) is 1.60. The lowest BCUT2D eigenvalue weighted by Gasteiger charge is -2.05. The van der Waals surface area contributed by atoms with E-state index in [1.165, 1.54) is 12.1 Å². The van der Waals surface area contributed by atoms with Crippen molar-refractivity contribution in [2.24, 2.45) is 10.7 Å². The van der Waals surface area contributed by atoms with Crippen LogP contribution in [0.15, 0.2) is 53.5 Å². The number of anilines is 1. The van der Waals surface area contributed by atoms with Crippen molar-refractivity contribution >= 4 is 23.0 Å². The fourth-order valence-corrected chi connectivity index (χ4v) is 1.60. The van der Waals surface area contributed by atoms with Gasteiger partial charge >= 0.3 is 0 Å². The second kappa shape index (κ2) is 5.83. The number of aryl methyl sites for hydroxylation is 1. The number of hydrogen-bond donors (Lipinski definition) is 2. The van der Waals surface area contributed by atoms with E-state index >= 15 is 0 Å². The second-order valence-corrected chi connectivity index (χ2v) is 4.26. The number of guanidine groups is 1. The summed E-state index contributed by atoms with van der Waals surface area (Å²) >= 11 is 0. The van der Waals surface area contributed by atoms with Crippen LogP contribution in [0.25, 0.3) is 0 Å². The zero-order chi connectivity index (χ0) is 14.5. The summed E-state index contributed by atoms with van der Waals surface area (Å²) in [5.41, 5.74) is 8.34. The lowest BCUT2D eigenvalue weighted by molar-refractivity contribution is -0.384. The van der Waals surface area contributed by atoms with Crippen LogP contribution in [-0.4, -0.2) is 10.9 Å². The van der Waals surface area contributed by atoms with E-state index in [0.717, 1.165) is 11.3 Å². The van der Waals surface area contributed by atoms with E-state index < -0.39 is 4.92 Å². The molecule has 0 aromatic heterocycles. The molecule has 0 saturated carbocycles. The third kappa shape index (κ3) is 3.55. The molecule has 0 radical (unpaired) electrons. The molecule has 0 spiro atoms. The number of aliphatic imine (C=N–C) groups is 1. The van der Waals surface area contributed by atoms with Crippen molar-refractivity contribution in [3.05, 3.63) is 64.2 Å². The fraction of sp³-hybridized carbons (Fsp3) is 0.0714. The smallest absolute Gasteiger partial charge is 0.269 e. The van der Waals surface area contributed by atoms with Gasteiger partial charge in [-0.25, -0.2) is 4.99 Å². The van der Waals surface area contributed by atoms with Crippen molar-refractivity contribution in [3.63, 3.8) is 0 Å². The number of nitrogens with zero attached hydrogens (tertiary/aromatic N) is 2. The Balaban J connectivity index is 2.09. The first-order valence-corrected chi connectivity index (χ1v) is 5.97. The standard InChI is InChI=1S/C14H14N4O2/c1-10-2-4-11(5-3-10)16-14(15)17-12-6-8-13(9-7-12)18(19)20/h2-9H,1H3,(H3,15,16,17). The molecule has 3 N–H and O–H groups in total. The molecule has 0 heterocycles. The number of non-ortho nitro benzene ring substituents is 1. The first kappa shape index (κ1) is 13.5. The number of rotatable bonds is 3. The van der Waals surface area contributed by atoms with Crippen LogP contribution in [0.2, 0.25) is 0 Å². The molecule has 6 heteroatoms. The molecule has 0 fully saturated rings. The number of benzene rings is 2. The summed E-state index contributed by atoms with van der Waals surface area (Å²) in [6, 6.07) is 13.6. The summed E-state index contributed by atoms with van der Waals surface area (Å²) in [5.74, 6) is 0.225. The number of nitrogens with one attached hydrogen (secondary N) is 1. The van der Waals surface area contributed by atoms with Gasteiger partial charge in [-0.1, -0.05) is 17.7 Å². The van der Waals surface area contributed by atoms with E-state index in [9.17, 15) is 10.1 Å². The Morgan fingerprint density at radius 1 is 1.15 bits per heavy atom. The van der Waals surface area contributed by atoms with E-state index in [1.54, 1.807) is 12.1 Å². The van der Waals surface area contributed by atoms with Crippen LogP contribution in [0.1, 0.15) is 5.56 Å². The molecule has 0 amide bonds. The van der Waals surface area contributed by atoms with Gasteiger partial charge in [-0.05, 0) is 31.2 Å². The van der Waals surface area contributed by atoms with Gasteiger partial charge in [0.05, 0.1) is 10.6 Å². The van der Waals surface area contributed by atoms with Gasteiger partial charge in [0, 0.05) is 17.8 Å². The highest BCUT2D eigenvalue weighted by molar-refractivity contribution is 5.93. The number of nitrogens with two attached hydrogens (primary N) is 1. The molecule has 6 nitrogen and oxygen atoms in total. The maximum atomic E-state index is 10.5. The van der Waals surface area contributed by atoms with Crippen molar-refractivity contribution in [2.45, 2.75) is 6.92 Å². The Bertz CT molecular complexity index is 633. The first-order chi connectivity index (χ1) is 9.54. The molecule has 2 aromatic rings. The lowest BCUT2D eigenvalue weighted by atomic mass is 10.2. The Hall–Kier alpha value is -2.89. The predicted octanol–water partition coefficient (Wildman–Crippen LogP) is 2.96. The van der Waals surface area contributed by atoms with Crippen molar-refractivity contribution in [3.8, 4) is 0 Å². The summed E-state index contributed by atoms with van der Waals surface area (Å²) in [7, 11) is 0. The van der Waals surface area contributed by atoms with Crippen LogP contribution in [0.5, 0.6) is 0 Å². The van der Waals surface area contributed by atoms with E-state index in [2.05, 4.69) is 10.3 Å². The highest BCUT2D eigenvalue weighted by Gasteiger charge is 2.03. The van der Waals surface area contributed by atoms with Crippen LogP contribution in [0, 0.1) is 17.0 Å². The van der Waals surface area contributed by atoms with Crippen molar-refractivity contribution in [1.29, 1.82) is 0 Å². The quantitative estimate of drug-likeness (QED) is 0.388. The zero-order valence-electron chi connectivity index (χ0n) is 10.9. The first-order valence-electron chi connectivity index (χ1n) is 5.97. The molecule has 0 aliphatic carbocycles. The zero-order valence-corrected chi connectivity index (χ0v) is 10.9. The molecule has 2 rings (SSSR count). The van der Waals surface area contributed by atoms with E-state index in [4.69, 9.17) is 5.73 Å². The Labute approximate surface area is 116 Å². The maximum Gasteiger partial charge on any atom is 0.269 e. The van der Waals surface area contributed by atoms with E-state index in [-0.39, 0.29) is 11.6 Å². The summed E-state index contributed by atoms with van der Waals surface area (Å²) in [6.07, 6.45) is 0. The molecule has 0 unspecified atom stereocenters. The molecular weight excluding hydrogens is 256 g/mol. The summed E-state index contributed by atoms with van der Waals surface area (Å²) in [5, 5.41) is 13.5. The average Bonchev–Trinajstić information content (AvgIpc) is 2.42. The van der Waals surface area contributed by atoms with Gasteiger partial charge in [0.1, 0.15) is 0 Å². The molecular formula is C14H14N4O2. The highest BCUT2D eigenvalue weighted by atomic mass is 16.6. The minimum Gasteiger partial charge on any atom is -0.369 e. The van der Waals surface area contributed by atoms with Gasteiger partial charge in [0.2, 0.25) is 0 Å². The Kier molecular flexibility index (Phi) is 3.95. The molecule has 0 bridgehead atoms. The minimum atomic E-state index is -0.457. The van der Waals surface area contributed by atoms with Crippen molar-refractivity contribution < 1.29 is 4.92 Å². The molecule has 0 saturated heterocycles. The predicted molar refractivity (Wildman–Crippen MR) is 79.2 cm³/mol. The van der Waals surface area contributed by atoms with Crippen LogP contribution in [0.4, 0.5) is 17.1 Å². The molecule has 0 aliphatic heterocycles. The monoisotopic (exact) mass is 270 g/mol. The van der Waals surface area contributed by atoms with Gasteiger partial charge in [-0.15, -0.1) is 0 Å². The largest absolute Gasteiger partial charge is 0.369 e. The number of nitro benzene ring substituents is 1. The Morgan fingerprint density at radius 2 is 1.75 bits per heavy atom. The summed E-state index contributed by atoms with van der Waals surface area (Å²) in [4.78, 5) is 14.2. The molecule has 20 heavy (non-hydrogen) atoms. The molecule has 0 aliphatic rings. The highest BCUT2D eigenvalue weighted by Crippen LogP contribution is 2.18.